The number of rotatable bonds is 23. The van der Waals surface area contributed by atoms with Crippen LogP contribution in [-0.2, 0) is 60.4 Å². The van der Waals surface area contributed by atoms with Gasteiger partial charge in [-0.2, -0.15) is 0 Å². The first-order chi connectivity index (χ1) is 27.1. The molecular weight excluding hydrogens is 765 g/mol. The van der Waals surface area contributed by atoms with Crippen LogP contribution in [0.2, 0.25) is 0 Å². The lowest BCUT2D eigenvalue weighted by atomic mass is 10.1. The van der Waals surface area contributed by atoms with E-state index < -0.39 is 36.0 Å². The Morgan fingerprint density at radius 1 is 0.589 bits per heavy atom. The Balaban J connectivity index is 1.06. The van der Waals surface area contributed by atoms with Crippen molar-refractivity contribution >= 4 is 45.5 Å². The molecule has 0 amide bonds. The van der Waals surface area contributed by atoms with Crippen molar-refractivity contribution in [2.45, 2.75) is 76.0 Å². The summed E-state index contributed by atoms with van der Waals surface area (Å²) in [6.07, 6.45) is 5.66. The topological polar surface area (TPSA) is 149 Å². The molecule has 16 heteroatoms. The minimum absolute atomic E-state index is 0.0565. The first kappa shape index (κ1) is 45.2. The van der Waals surface area contributed by atoms with Crippen LogP contribution in [0, 0.1) is 0 Å². The highest BCUT2D eigenvalue weighted by atomic mass is 33.1. The van der Waals surface area contributed by atoms with E-state index in [1.165, 1.54) is 21.6 Å². The van der Waals surface area contributed by atoms with Gasteiger partial charge in [-0.1, -0.05) is 45.9 Å². The quantitative estimate of drug-likeness (QED) is 0.0660. The average Bonchev–Trinajstić information content (AvgIpc) is 3.18. The smallest absolute Gasteiger partial charge is 0.324 e. The Morgan fingerprint density at radius 2 is 0.964 bits per heavy atom. The second-order valence-electron chi connectivity index (χ2n) is 13.8. The number of hydrogen-bond acceptors (Lipinski definition) is 16. The summed E-state index contributed by atoms with van der Waals surface area (Å²) in [5, 5.41) is 0. The fourth-order valence-electron chi connectivity index (χ4n) is 5.59. The molecule has 4 unspecified atom stereocenters. The van der Waals surface area contributed by atoms with Crippen LogP contribution in [0.25, 0.3) is 0 Å². The van der Waals surface area contributed by atoms with E-state index in [1.807, 2.05) is 48.5 Å². The van der Waals surface area contributed by atoms with Gasteiger partial charge in [0.2, 0.25) is 0 Å². The van der Waals surface area contributed by atoms with E-state index in [0.29, 0.717) is 36.2 Å². The summed E-state index contributed by atoms with van der Waals surface area (Å²) >= 11 is 0. The van der Waals surface area contributed by atoms with Crippen molar-refractivity contribution in [3.8, 4) is 11.5 Å². The molecule has 14 nitrogen and oxygen atoms in total. The molecule has 2 aromatic carbocycles. The van der Waals surface area contributed by atoms with Crippen LogP contribution >= 0.6 is 21.6 Å². The number of esters is 4. The highest BCUT2D eigenvalue weighted by Gasteiger charge is 2.26. The molecule has 2 aromatic rings. The van der Waals surface area contributed by atoms with Gasteiger partial charge < -0.3 is 37.9 Å². The van der Waals surface area contributed by atoms with Gasteiger partial charge in [-0.15, -0.1) is 0 Å². The standard InChI is InChI=1S/C40H56N2O12S2/c1-41(2)33(39(45)51-23-21-47-35(43)25-29-11-15-31(16-12-29)53-37-9-5-7-19-49-37)27-55-56-28-34(42(3)4)40(46)52-24-22-48-36(44)26-30-13-17-32(18-14-30)54-38-10-6-8-20-50-38/h11-18,33-34,37-38H,5-10,19-28H2,1-4H3. The molecule has 4 atom stereocenters. The molecule has 0 aliphatic carbocycles. The Morgan fingerprint density at radius 3 is 1.30 bits per heavy atom. The van der Waals surface area contributed by atoms with Gasteiger partial charge in [0.1, 0.15) is 50.0 Å². The number of carbonyl (C=O) groups is 4. The molecule has 2 fully saturated rings. The third-order valence-corrected chi connectivity index (χ3v) is 11.2. The van der Waals surface area contributed by atoms with Gasteiger partial charge in [0.25, 0.3) is 0 Å². The van der Waals surface area contributed by atoms with Gasteiger partial charge >= 0.3 is 23.9 Å². The fourth-order valence-corrected chi connectivity index (χ4v) is 8.26. The molecule has 0 radical (unpaired) electrons. The van der Waals surface area contributed by atoms with Gasteiger partial charge in [0.05, 0.1) is 26.1 Å². The molecule has 0 saturated carbocycles. The minimum Gasteiger partial charge on any atom is -0.465 e. The van der Waals surface area contributed by atoms with Crippen molar-refractivity contribution in [2.75, 3.05) is 79.3 Å². The first-order valence-corrected chi connectivity index (χ1v) is 21.5. The van der Waals surface area contributed by atoms with E-state index in [0.717, 1.165) is 49.7 Å². The Bertz CT molecular complexity index is 1370. The van der Waals surface area contributed by atoms with Crippen molar-refractivity contribution in [1.29, 1.82) is 0 Å². The number of ether oxygens (including phenoxy) is 8. The second-order valence-corrected chi connectivity index (χ2v) is 16.3. The Hall–Kier alpha value is -3.54. The van der Waals surface area contributed by atoms with Crippen molar-refractivity contribution in [3.05, 3.63) is 59.7 Å². The lowest BCUT2D eigenvalue weighted by Gasteiger charge is -2.24. The van der Waals surface area contributed by atoms with Crippen LogP contribution < -0.4 is 9.47 Å². The number of benzene rings is 2. The van der Waals surface area contributed by atoms with E-state index in [4.69, 9.17) is 37.9 Å². The van der Waals surface area contributed by atoms with Gasteiger partial charge in [-0.05, 0) is 89.3 Å². The summed E-state index contributed by atoms with van der Waals surface area (Å²) in [5.74, 6) is 0.447. The Labute approximate surface area is 337 Å². The van der Waals surface area contributed by atoms with Crippen LogP contribution in [0.1, 0.15) is 49.7 Å². The van der Waals surface area contributed by atoms with Crippen LogP contribution in [0.4, 0.5) is 0 Å². The van der Waals surface area contributed by atoms with E-state index in [1.54, 1.807) is 38.0 Å². The number of carbonyl (C=O) groups excluding carboxylic acids is 4. The van der Waals surface area contributed by atoms with Crippen molar-refractivity contribution in [1.82, 2.24) is 9.80 Å². The van der Waals surface area contributed by atoms with E-state index in [9.17, 15) is 19.2 Å². The maximum atomic E-state index is 12.8. The summed E-state index contributed by atoms with van der Waals surface area (Å²) in [6, 6.07) is 13.4. The number of nitrogens with zero attached hydrogens (tertiary/aromatic N) is 2. The largest absolute Gasteiger partial charge is 0.465 e. The van der Waals surface area contributed by atoms with E-state index in [2.05, 4.69) is 0 Å². The maximum absolute atomic E-state index is 12.8. The van der Waals surface area contributed by atoms with E-state index >= 15 is 0 Å². The lowest BCUT2D eigenvalue weighted by molar-refractivity contribution is -0.154. The highest BCUT2D eigenvalue weighted by molar-refractivity contribution is 8.76. The molecule has 0 bridgehead atoms. The third kappa shape index (κ3) is 16.9. The van der Waals surface area contributed by atoms with Gasteiger partial charge in [0.15, 0.2) is 12.6 Å². The molecule has 2 aliphatic heterocycles. The van der Waals surface area contributed by atoms with Crippen LogP contribution in [-0.4, -0.2) is 138 Å². The highest BCUT2D eigenvalue weighted by Crippen LogP contribution is 2.26. The molecule has 2 aliphatic rings. The minimum atomic E-state index is -0.551. The molecule has 2 saturated heterocycles. The predicted molar refractivity (Wildman–Crippen MR) is 212 cm³/mol. The number of likely N-dealkylation sites (N-methyl/N-ethyl adjacent to an activating group) is 2. The summed E-state index contributed by atoms with van der Waals surface area (Å²) in [5.41, 5.74) is 1.56. The van der Waals surface area contributed by atoms with Gasteiger partial charge in [-0.25, -0.2) is 0 Å². The second kappa shape index (κ2) is 25.0. The van der Waals surface area contributed by atoms with E-state index in [-0.39, 0.29) is 51.8 Å². The zero-order valence-electron chi connectivity index (χ0n) is 32.9. The normalized spacial score (nSPS) is 18.1. The molecule has 56 heavy (non-hydrogen) atoms. The van der Waals surface area contributed by atoms with Crippen LogP contribution in [0.15, 0.2) is 48.5 Å². The molecule has 0 N–H and O–H groups in total. The molecule has 0 aromatic heterocycles. The maximum Gasteiger partial charge on any atom is 0.324 e. The molecule has 310 valence electrons. The van der Waals surface area contributed by atoms with Gasteiger partial charge in [-0.3, -0.25) is 29.0 Å². The third-order valence-electron chi connectivity index (χ3n) is 8.86. The molecule has 0 spiro atoms. The average molecular weight is 821 g/mol. The molecule has 4 rings (SSSR count). The SMILES string of the molecule is CN(C)C(CSSCC(C(=O)OCCOC(=O)Cc1ccc(OC2CCCCO2)cc1)N(C)C)C(=O)OCCOC(=O)Cc1ccc(OC2CCCCO2)cc1. The van der Waals surface area contributed by atoms with Crippen LogP contribution in [0.3, 0.4) is 0 Å². The molecule has 2 heterocycles. The summed E-state index contributed by atoms with van der Waals surface area (Å²) < 4.78 is 44.2. The van der Waals surface area contributed by atoms with Gasteiger partial charge in [0, 0.05) is 24.3 Å². The lowest BCUT2D eigenvalue weighted by Crippen LogP contribution is -2.40. The zero-order chi connectivity index (χ0) is 40.1. The van der Waals surface area contributed by atoms with Crippen molar-refractivity contribution in [3.63, 3.8) is 0 Å². The van der Waals surface area contributed by atoms with Crippen molar-refractivity contribution < 1.29 is 57.1 Å². The van der Waals surface area contributed by atoms with Crippen molar-refractivity contribution in [2.24, 2.45) is 0 Å². The first-order valence-electron chi connectivity index (χ1n) is 19.0. The summed E-state index contributed by atoms with van der Waals surface area (Å²) in [4.78, 5) is 53.9. The monoisotopic (exact) mass is 820 g/mol. The summed E-state index contributed by atoms with van der Waals surface area (Å²) in [7, 11) is 9.99. The van der Waals surface area contributed by atoms with Crippen LogP contribution in [0.5, 0.6) is 11.5 Å². The molecular formula is C40H56N2O12S2. The fraction of sp³-hybridized carbons (Fsp3) is 0.600. The predicted octanol–water partition coefficient (Wildman–Crippen LogP) is 4.70. The zero-order valence-corrected chi connectivity index (χ0v) is 34.5. The number of hydrogen-bond donors (Lipinski definition) is 0. The Kier molecular flexibility index (Phi) is 20.1. The summed E-state index contributed by atoms with van der Waals surface area (Å²) in [6.45, 7) is 1.16.